The van der Waals surface area contributed by atoms with E-state index in [1.165, 1.54) is 5.56 Å². The maximum absolute atomic E-state index is 12.7. The van der Waals surface area contributed by atoms with Gasteiger partial charge >= 0.3 is 0 Å². The summed E-state index contributed by atoms with van der Waals surface area (Å²) in [5, 5.41) is 3.15. The van der Waals surface area contributed by atoms with Crippen LogP contribution < -0.4 is 10.1 Å². The van der Waals surface area contributed by atoms with Crippen molar-refractivity contribution in [1.82, 2.24) is 19.8 Å². The van der Waals surface area contributed by atoms with Crippen molar-refractivity contribution in [3.63, 3.8) is 0 Å². The van der Waals surface area contributed by atoms with Crippen molar-refractivity contribution in [2.75, 3.05) is 33.1 Å². The number of methoxy groups -OCH3 is 1. The number of likely N-dealkylation sites (tertiary alicyclic amines) is 1. The van der Waals surface area contributed by atoms with Crippen LogP contribution in [0.25, 0.3) is 0 Å². The molecule has 7 heteroatoms. The maximum atomic E-state index is 12.7. The third kappa shape index (κ3) is 5.87. The number of nitrogens with one attached hydrogen (secondary N) is 1. The number of hydrogen-bond acceptors (Lipinski definition) is 6. The average molecular weight is 446 g/mol. The fourth-order valence-corrected chi connectivity index (χ4v) is 4.19. The second kappa shape index (κ2) is 10.4. The van der Waals surface area contributed by atoms with Gasteiger partial charge in [0.15, 0.2) is 0 Å². The van der Waals surface area contributed by atoms with Crippen LogP contribution in [0.5, 0.6) is 5.75 Å². The van der Waals surface area contributed by atoms with Crippen LogP contribution in [-0.4, -0.2) is 53.4 Å². The second-order valence-corrected chi connectivity index (χ2v) is 8.53. The van der Waals surface area contributed by atoms with Crippen LogP contribution >= 0.6 is 0 Å². The van der Waals surface area contributed by atoms with E-state index in [2.05, 4.69) is 46.5 Å². The summed E-state index contributed by atoms with van der Waals surface area (Å²) in [6.45, 7) is 2.70. The zero-order chi connectivity index (χ0) is 23.2. The molecule has 7 nitrogen and oxygen atoms in total. The molecule has 0 aliphatic carbocycles. The molecule has 0 radical (unpaired) electrons. The Labute approximate surface area is 195 Å². The third-order valence-corrected chi connectivity index (χ3v) is 5.92. The number of hydrogen-bond donors (Lipinski definition) is 1. The fourth-order valence-electron chi connectivity index (χ4n) is 4.19. The highest BCUT2D eigenvalue weighted by atomic mass is 16.5. The van der Waals surface area contributed by atoms with Crippen LogP contribution in [0.2, 0.25) is 0 Å². The summed E-state index contributed by atoms with van der Waals surface area (Å²) in [4.78, 5) is 26.3. The predicted octanol–water partition coefficient (Wildman–Crippen LogP) is 3.68. The van der Waals surface area contributed by atoms with Gasteiger partial charge in [-0.15, -0.1) is 0 Å². The zero-order valence-corrected chi connectivity index (χ0v) is 19.5. The first-order valence-electron chi connectivity index (χ1n) is 11.2. The molecule has 1 aliphatic rings. The minimum atomic E-state index is 0.0713. The van der Waals surface area contributed by atoms with Crippen LogP contribution in [0.4, 0.5) is 5.82 Å². The number of carbonyl (C=O) groups excluding carboxylic acids is 1. The number of ether oxygens (including phenoxy) is 1. The van der Waals surface area contributed by atoms with E-state index in [0.29, 0.717) is 26.1 Å². The standard InChI is InChI=1S/C26H31N5O2/c1-27-24-14-23(21-13-26(32)31(17-21)16-19-7-5-4-6-8-19)28-25(29-24)18-30(2)15-20-9-11-22(33-3)12-10-20/h4-12,14,21H,13,15-18H2,1-3H3,(H,27,28,29)/t21-/m0/s1. The molecule has 1 aromatic heterocycles. The van der Waals surface area contributed by atoms with Crippen LogP contribution in [0, 0.1) is 0 Å². The predicted molar refractivity (Wildman–Crippen MR) is 129 cm³/mol. The summed E-state index contributed by atoms with van der Waals surface area (Å²) < 4.78 is 5.24. The van der Waals surface area contributed by atoms with Gasteiger partial charge in [-0.3, -0.25) is 9.69 Å². The Kier molecular flexibility index (Phi) is 7.19. The van der Waals surface area contributed by atoms with Gasteiger partial charge in [-0.05, 0) is 30.3 Å². The van der Waals surface area contributed by atoms with Gasteiger partial charge in [0, 0.05) is 45.1 Å². The Hall–Kier alpha value is -3.45. The SMILES string of the molecule is CNc1cc([C@H]2CC(=O)N(Cc3ccccc3)C2)nc(CN(C)Cc2ccc(OC)cc2)n1. The van der Waals surface area contributed by atoms with Crippen molar-refractivity contribution in [1.29, 1.82) is 0 Å². The maximum Gasteiger partial charge on any atom is 0.223 e. The van der Waals surface area contributed by atoms with Gasteiger partial charge in [0.25, 0.3) is 0 Å². The minimum absolute atomic E-state index is 0.0713. The molecule has 1 aliphatic heterocycles. The third-order valence-electron chi connectivity index (χ3n) is 5.92. The molecule has 3 aromatic rings. The first-order valence-corrected chi connectivity index (χ1v) is 11.2. The van der Waals surface area contributed by atoms with Crippen LogP contribution in [0.3, 0.4) is 0 Å². The summed E-state index contributed by atoms with van der Waals surface area (Å²) in [7, 11) is 5.59. The van der Waals surface area contributed by atoms with Crippen molar-refractivity contribution in [3.8, 4) is 5.75 Å². The highest BCUT2D eigenvalue weighted by Gasteiger charge is 2.32. The molecule has 33 heavy (non-hydrogen) atoms. The highest BCUT2D eigenvalue weighted by Crippen LogP contribution is 2.29. The molecule has 2 aromatic carbocycles. The smallest absolute Gasteiger partial charge is 0.223 e. The summed E-state index contributed by atoms with van der Waals surface area (Å²) in [6.07, 6.45) is 0.480. The second-order valence-electron chi connectivity index (χ2n) is 8.53. The van der Waals surface area contributed by atoms with E-state index in [-0.39, 0.29) is 11.8 Å². The fraction of sp³-hybridized carbons (Fsp3) is 0.346. The van der Waals surface area contributed by atoms with E-state index in [0.717, 1.165) is 35.2 Å². The summed E-state index contributed by atoms with van der Waals surface area (Å²) in [6, 6.07) is 20.2. The molecule has 0 unspecified atom stereocenters. The van der Waals surface area contributed by atoms with Gasteiger partial charge in [0.1, 0.15) is 17.4 Å². The molecular formula is C26H31N5O2. The molecule has 1 saturated heterocycles. The lowest BCUT2D eigenvalue weighted by Gasteiger charge is -2.19. The van der Waals surface area contributed by atoms with Crippen molar-refractivity contribution >= 4 is 11.7 Å². The lowest BCUT2D eigenvalue weighted by atomic mass is 10.0. The lowest BCUT2D eigenvalue weighted by molar-refractivity contribution is -0.128. The van der Waals surface area contributed by atoms with E-state index in [1.54, 1.807) is 7.11 Å². The van der Waals surface area contributed by atoms with Gasteiger partial charge in [0.2, 0.25) is 5.91 Å². The molecule has 0 saturated carbocycles. The van der Waals surface area contributed by atoms with Crippen molar-refractivity contribution < 1.29 is 9.53 Å². The van der Waals surface area contributed by atoms with Gasteiger partial charge in [-0.1, -0.05) is 42.5 Å². The number of rotatable bonds is 9. The molecule has 1 atom stereocenters. The normalized spacial score (nSPS) is 15.8. The molecule has 0 spiro atoms. The summed E-state index contributed by atoms with van der Waals surface area (Å²) in [5.41, 5.74) is 3.26. The first kappa shape index (κ1) is 22.7. The molecule has 0 bridgehead atoms. The van der Waals surface area contributed by atoms with Gasteiger partial charge in [0.05, 0.1) is 19.3 Å². The molecule has 2 heterocycles. The van der Waals surface area contributed by atoms with E-state index in [1.807, 2.05) is 48.3 Å². The Morgan fingerprint density at radius 1 is 1.06 bits per heavy atom. The molecule has 1 N–H and O–H groups in total. The van der Waals surface area contributed by atoms with Gasteiger partial charge < -0.3 is 15.0 Å². The topological polar surface area (TPSA) is 70.6 Å². The highest BCUT2D eigenvalue weighted by molar-refractivity contribution is 5.79. The number of amides is 1. The lowest BCUT2D eigenvalue weighted by Crippen LogP contribution is -2.24. The number of anilines is 1. The van der Waals surface area contributed by atoms with E-state index >= 15 is 0 Å². The Morgan fingerprint density at radius 2 is 1.82 bits per heavy atom. The van der Waals surface area contributed by atoms with Crippen LogP contribution in [0.15, 0.2) is 60.7 Å². The van der Waals surface area contributed by atoms with E-state index in [9.17, 15) is 4.79 Å². The quantitative estimate of drug-likeness (QED) is 0.542. The van der Waals surface area contributed by atoms with Gasteiger partial charge in [-0.2, -0.15) is 0 Å². The van der Waals surface area contributed by atoms with Crippen LogP contribution in [0.1, 0.15) is 35.0 Å². The monoisotopic (exact) mass is 445 g/mol. The number of benzene rings is 2. The van der Waals surface area contributed by atoms with E-state index < -0.39 is 0 Å². The molecule has 172 valence electrons. The Balaban J connectivity index is 1.44. The minimum Gasteiger partial charge on any atom is -0.497 e. The molecule has 4 rings (SSSR count). The first-order chi connectivity index (χ1) is 16.0. The molecule has 1 amide bonds. The zero-order valence-electron chi connectivity index (χ0n) is 19.5. The van der Waals surface area contributed by atoms with E-state index in [4.69, 9.17) is 9.72 Å². The molecule has 1 fully saturated rings. The Bertz CT molecular complexity index is 1070. The van der Waals surface area contributed by atoms with Crippen molar-refractivity contribution in [3.05, 3.63) is 83.3 Å². The largest absolute Gasteiger partial charge is 0.497 e. The number of carbonyl (C=O) groups is 1. The molecular weight excluding hydrogens is 414 g/mol. The number of aromatic nitrogens is 2. The number of nitrogens with zero attached hydrogens (tertiary/aromatic N) is 4. The van der Waals surface area contributed by atoms with Crippen molar-refractivity contribution in [2.24, 2.45) is 0 Å². The van der Waals surface area contributed by atoms with Gasteiger partial charge in [-0.25, -0.2) is 9.97 Å². The van der Waals surface area contributed by atoms with Crippen LogP contribution in [-0.2, 0) is 24.4 Å². The summed E-state index contributed by atoms with van der Waals surface area (Å²) in [5.74, 6) is 2.63. The van der Waals surface area contributed by atoms with Crippen molar-refractivity contribution in [2.45, 2.75) is 32.0 Å². The average Bonchev–Trinajstić information content (AvgIpc) is 3.20. The summed E-state index contributed by atoms with van der Waals surface area (Å²) >= 11 is 0. The Morgan fingerprint density at radius 3 is 2.52 bits per heavy atom.